The molecule has 0 N–H and O–H groups in total. The summed E-state index contributed by atoms with van der Waals surface area (Å²) in [5.74, 6) is -0.195. The summed E-state index contributed by atoms with van der Waals surface area (Å²) in [5, 5.41) is 1.01. The van der Waals surface area contributed by atoms with E-state index in [1.165, 1.54) is 6.08 Å². The van der Waals surface area contributed by atoms with Crippen molar-refractivity contribution in [3.63, 3.8) is 0 Å². The summed E-state index contributed by atoms with van der Waals surface area (Å²) in [7, 11) is 0. The minimum atomic E-state index is -0.195. The third-order valence-electron chi connectivity index (χ3n) is 2.68. The first-order valence-electron chi connectivity index (χ1n) is 5.83. The van der Waals surface area contributed by atoms with Crippen LogP contribution in [0, 0.1) is 0 Å². The van der Waals surface area contributed by atoms with E-state index in [0.717, 1.165) is 0 Å². The molecule has 0 unspecified atom stereocenters. The lowest BCUT2D eigenvalue weighted by molar-refractivity contribution is 0.104. The fourth-order valence-electron chi connectivity index (χ4n) is 1.66. The maximum absolute atomic E-state index is 12.0. The smallest absolute Gasteiger partial charge is 0.185 e. The number of carbonyl (C=O) groups excluding carboxylic acids is 2. The van der Waals surface area contributed by atoms with Gasteiger partial charge in [0.2, 0.25) is 0 Å². The zero-order chi connectivity index (χ0) is 14.5. The number of carbonyl (C=O) groups is 2. The molecule has 0 heterocycles. The van der Waals surface area contributed by atoms with Gasteiger partial charge in [-0.25, -0.2) is 0 Å². The molecule has 0 aliphatic carbocycles. The molecular weight excluding hydrogens is 295 g/mol. The van der Waals surface area contributed by atoms with Crippen LogP contribution in [0.25, 0.3) is 6.08 Å². The Hall–Kier alpha value is -1.90. The lowest BCUT2D eigenvalue weighted by Gasteiger charge is -1.99. The Morgan fingerprint density at radius 2 is 1.85 bits per heavy atom. The Morgan fingerprint density at radius 1 is 1.05 bits per heavy atom. The van der Waals surface area contributed by atoms with Crippen molar-refractivity contribution < 1.29 is 9.59 Å². The van der Waals surface area contributed by atoms with Gasteiger partial charge in [0.05, 0.1) is 0 Å². The van der Waals surface area contributed by atoms with E-state index in [4.69, 9.17) is 23.2 Å². The van der Waals surface area contributed by atoms with Gasteiger partial charge >= 0.3 is 0 Å². The highest BCUT2D eigenvalue weighted by molar-refractivity contribution is 6.35. The van der Waals surface area contributed by atoms with Crippen LogP contribution in [0.3, 0.4) is 0 Å². The number of rotatable bonds is 4. The number of hydrogen-bond acceptors (Lipinski definition) is 2. The van der Waals surface area contributed by atoms with Gasteiger partial charge in [-0.1, -0.05) is 47.5 Å². The standard InChI is InChI=1S/C16H10Cl2O2/c17-14-6-4-12(15(18)9-14)5-7-16(20)13-3-1-2-11(8-13)10-19/h1-10H. The molecule has 0 aromatic heterocycles. The summed E-state index contributed by atoms with van der Waals surface area (Å²) in [6, 6.07) is 11.6. The number of halogens is 2. The normalized spacial score (nSPS) is 10.7. The first-order valence-corrected chi connectivity index (χ1v) is 6.58. The van der Waals surface area contributed by atoms with Gasteiger partial charge in [-0.15, -0.1) is 0 Å². The molecule has 0 radical (unpaired) electrons. The minimum absolute atomic E-state index is 0.195. The summed E-state index contributed by atoms with van der Waals surface area (Å²) in [6.45, 7) is 0. The van der Waals surface area contributed by atoms with Crippen LogP contribution in [0.1, 0.15) is 26.3 Å². The molecule has 0 saturated carbocycles. The molecule has 0 fully saturated rings. The van der Waals surface area contributed by atoms with Crippen LogP contribution in [-0.4, -0.2) is 12.1 Å². The Labute approximate surface area is 126 Å². The van der Waals surface area contributed by atoms with Crippen molar-refractivity contribution in [3.8, 4) is 0 Å². The topological polar surface area (TPSA) is 34.1 Å². The fraction of sp³-hybridized carbons (Fsp3) is 0. The van der Waals surface area contributed by atoms with Gasteiger partial charge in [0.15, 0.2) is 5.78 Å². The van der Waals surface area contributed by atoms with Gasteiger partial charge in [-0.05, 0) is 35.9 Å². The summed E-state index contributed by atoms with van der Waals surface area (Å²) in [6.07, 6.45) is 3.74. The third-order valence-corrected chi connectivity index (χ3v) is 3.25. The number of ketones is 1. The number of benzene rings is 2. The molecule has 0 saturated heterocycles. The molecule has 0 atom stereocenters. The van der Waals surface area contributed by atoms with Gasteiger partial charge in [0.25, 0.3) is 0 Å². The SMILES string of the molecule is O=Cc1cccc(C(=O)C=Cc2ccc(Cl)cc2Cl)c1. The van der Waals surface area contributed by atoms with Crippen LogP contribution in [-0.2, 0) is 0 Å². The largest absolute Gasteiger partial charge is 0.298 e. The van der Waals surface area contributed by atoms with Crippen molar-refractivity contribution >= 4 is 41.3 Å². The van der Waals surface area contributed by atoms with Gasteiger partial charge in [-0.2, -0.15) is 0 Å². The van der Waals surface area contributed by atoms with E-state index in [1.54, 1.807) is 48.5 Å². The average molecular weight is 305 g/mol. The zero-order valence-corrected chi connectivity index (χ0v) is 11.9. The van der Waals surface area contributed by atoms with Crippen molar-refractivity contribution in [1.82, 2.24) is 0 Å². The van der Waals surface area contributed by atoms with Gasteiger partial charge < -0.3 is 0 Å². The molecule has 0 spiro atoms. The first-order chi connectivity index (χ1) is 9.60. The Morgan fingerprint density at radius 3 is 2.55 bits per heavy atom. The monoisotopic (exact) mass is 304 g/mol. The first kappa shape index (κ1) is 14.5. The van der Waals surface area contributed by atoms with E-state index in [9.17, 15) is 9.59 Å². The second-order valence-electron chi connectivity index (χ2n) is 4.11. The van der Waals surface area contributed by atoms with Crippen LogP contribution in [0.2, 0.25) is 10.0 Å². The number of hydrogen-bond donors (Lipinski definition) is 0. The second-order valence-corrected chi connectivity index (χ2v) is 4.95. The van der Waals surface area contributed by atoms with E-state index in [-0.39, 0.29) is 5.78 Å². The number of aldehydes is 1. The van der Waals surface area contributed by atoms with E-state index < -0.39 is 0 Å². The fourth-order valence-corrected chi connectivity index (χ4v) is 2.14. The highest BCUT2D eigenvalue weighted by Gasteiger charge is 2.03. The van der Waals surface area contributed by atoms with Crippen LogP contribution in [0.15, 0.2) is 48.5 Å². The molecule has 2 aromatic carbocycles. The Balaban J connectivity index is 2.22. The Bertz CT molecular complexity index is 691. The van der Waals surface area contributed by atoms with E-state index >= 15 is 0 Å². The van der Waals surface area contributed by atoms with Gasteiger partial charge in [0, 0.05) is 21.2 Å². The molecule has 0 bridgehead atoms. The third kappa shape index (κ3) is 3.56. The molecule has 20 heavy (non-hydrogen) atoms. The molecule has 0 aliphatic heterocycles. The lowest BCUT2D eigenvalue weighted by Crippen LogP contribution is -1.95. The predicted molar refractivity (Wildman–Crippen MR) is 81.7 cm³/mol. The Kier molecular flexibility index (Phi) is 4.72. The molecule has 0 aliphatic rings. The molecule has 100 valence electrons. The van der Waals surface area contributed by atoms with E-state index in [1.807, 2.05) is 0 Å². The van der Waals surface area contributed by atoms with Gasteiger partial charge in [0.1, 0.15) is 6.29 Å². The van der Waals surface area contributed by atoms with Crippen molar-refractivity contribution in [3.05, 3.63) is 75.3 Å². The highest BCUT2D eigenvalue weighted by atomic mass is 35.5. The molecule has 2 aromatic rings. The van der Waals surface area contributed by atoms with Crippen LogP contribution < -0.4 is 0 Å². The molecule has 4 heteroatoms. The number of allylic oxidation sites excluding steroid dienone is 1. The van der Waals surface area contributed by atoms with Crippen molar-refractivity contribution in [1.29, 1.82) is 0 Å². The summed E-state index contributed by atoms with van der Waals surface area (Å²) in [5.41, 5.74) is 1.63. The highest BCUT2D eigenvalue weighted by Crippen LogP contribution is 2.22. The second kappa shape index (κ2) is 6.51. The van der Waals surface area contributed by atoms with Crippen molar-refractivity contribution in [2.75, 3.05) is 0 Å². The maximum atomic E-state index is 12.0. The summed E-state index contributed by atoms with van der Waals surface area (Å²) >= 11 is 11.8. The van der Waals surface area contributed by atoms with Crippen LogP contribution in [0.4, 0.5) is 0 Å². The summed E-state index contributed by atoms with van der Waals surface area (Å²) < 4.78 is 0. The molecule has 2 rings (SSSR count). The van der Waals surface area contributed by atoms with E-state index in [2.05, 4.69) is 0 Å². The predicted octanol–water partition coefficient (Wildman–Crippen LogP) is 4.70. The molecule has 2 nitrogen and oxygen atoms in total. The maximum Gasteiger partial charge on any atom is 0.185 e. The van der Waals surface area contributed by atoms with Crippen molar-refractivity contribution in [2.24, 2.45) is 0 Å². The van der Waals surface area contributed by atoms with Crippen LogP contribution in [0.5, 0.6) is 0 Å². The van der Waals surface area contributed by atoms with E-state index in [0.29, 0.717) is 33.0 Å². The molecular formula is C16H10Cl2O2. The van der Waals surface area contributed by atoms with Gasteiger partial charge in [-0.3, -0.25) is 9.59 Å². The summed E-state index contributed by atoms with van der Waals surface area (Å²) in [4.78, 5) is 22.7. The zero-order valence-electron chi connectivity index (χ0n) is 10.3. The average Bonchev–Trinajstić information content (AvgIpc) is 2.46. The van der Waals surface area contributed by atoms with Crippen molar-refractivity contribution in [2.45, 2.75) is 0 Å². The quantitative estimate of drug-likeness (QED) is 0.466. The molecule has 0 amide bonds. The van der Waals surface area contributed by atoms with Crippen LogP contribution >= 0.6 is 23.2 Å². The minimum Gasteiger partial charge on any atom is -0.298 e. The lowest BCUT2D eigenvalue weighted by atomic mass is 10.1.